The zero-order valence-corrected chi connectivity index (χ0v) is 21.1. The highest BCUT2D eigenvalue weighted by Gasteiger charge is 2.36. The summed E-state index contributed by atoms with van der Waals surface area (Å²) in [4.78, 5) is 17.5. The van der Waals surface area contributed by atoms with Gasteiger partial charge in [-0.15, -0.1) is 0 Å². The zero-order valence-electron chi connectivity index (χ0n) is 20.3. The first-order chi connectivity index (χ1) is 16.3. The number of nitrogens with zero attached hydrogens (tertiary/aromatic N) is 2. The van der Waals surface area contributed by atoms with E-state index in [0.717, 1.165) is 34.5 Å². The largest absolute Gasteiger partial charge is 0.493 e. The van der Waals surface area contributed by atoms with Gasteiger partial charge in [0.05, 0.1) is 25.7 Å². The Bertz CT molecular complexity index is 1160. The van der Waals surface area contributed by atoms with Crippen LogP contribution in [0.5, 0.6) is 11.5 Å². The fourth-order valence-electron chi connectivity index (χ4n) is 4.29. The number of ether oxygens (including phenoxy) is 2. The van der Waals surface area contributed by atoms with Gasteiger partial charge in [-0.2, -0.15) is 0 Å². The Morgan fingerprint density at radius 2 is 1.74 bits per heavy atom. The molecule has 0 aromatic heterocycles. The van der Waals surface area contributed by atoms with Crippen LogP contribution in [-0.4, -0.2) is 33.2 Å². The number of fused-ring (bicyclic) bond motifs is 1. The van der Waals surface area contributed by atoms with Gasteiger partial charge in [0.1, 0.15) is 0 Å². The molecule has 2 atom stereocenters. The van der Waals surface area contributed by atoms with Crippen molar-refractivity contribution >= 4 is 28.9 Å². The van der Waals surface area contributed by atoms with Gasteiger partial charge in [0.25, 0.3) is 0 Å². The van der Waals surface area contributed by atoms with Crippen LogP contribution in [-0.2, 0) is 11.2 Å². The predicted molar refractivity (Wildman–Crippen MR) is 139 cm³/mol. The Balaban J connectivity index is 1.88. The SMILES string of the molecule is CC[C@@H](C)Oc1cc2c(cc1OC)CC(=O)N(c1ccc(N(C)C)cc1)[C@@H]2c1ccc(Cl)cc1. The Kier molecular flexibility index (Phi) is 7.03. The van der Waals surface area contributed by atoms with Crippen LogP contribution in [0.4, 0.5) is 11.4 Å². The van der Waals surface area contributed by atoms with Gasteiger partial charge in [0, 0.05) is 30.5 Å². The Morgan fingerprint density at radius 1 is 1.06 bits per heavy atom. The maximum Gasteiger partial charge on any atom is 0.232 e. The first-order valence-corrected chi connectivity index (χ1v) is 11.9. The highest BCUT2D eigenvalue weighted by Crippen LogP contribution is 2.44. The smallest absolute Gasteiger partial charge is 0.232 e. The maximum atomic E-state index is 13.6. The molecule has 0 N–H and O–H groups in total. The van der Waals surface area contributed by atoms with Gasteiger partial charge in [-0.25, -0.2) is 0 Å². The number of anilines is 2. The lowest BCUT2D eigenvalue weighted by Crippen LogP contribution is -2.41. The third-order valence-corrected chi connectivity index (χ3v) is 6.57. The summed E-state index contributed by atoms with van der Waals surface area (Å²) < 4.78 is 11.8. The molecule has 5 nitrogen and oxygen atoms in total. The fourth-order valence-corrected chi connectivity index (χ4v) is 4.41. The Hall–Kier alpha value is -3.18. The van der Waals surface area contributed by atoms with Gasteiger partial charge in [-0.05, 0) is 78.6 Å². The lowest BCUT2D eigenvalue weighted by atomic mass is 9.86. The number of halogens is 1. The molecule has 0 fully saturated rings. The summed E-state index contributed by atoms with van der Waals surface area (Å²) in [6.07, 6.45) is 1.21. The topological polar surface area (TPSA) is 42.0 Å². The van der Waals surface area contributed by atoms with Crippen molar-refractivity contribution in [2.75, 3.05) is 31.0 Å². The van der Waals surface area contributed by atoms with E-state index in [1.807, 2.05) is 91.5 Å². The molecule has 0 spiro atoms. The maximum absolute atomic E-state index is 13.6. The number of hydrogen-bond acceptors (Lipinski definition) is 4. The van der Waals surface area contributed by atoms with Crippen LogP contribution in [0.3, 0.4) is 0 Å². The van der Waals surface area contributed by atoms with Gasteiger partial charge in [0.15, 0.2) is 11.5 Å². The van der Waals surface area contributed by atoms with E-state index in [9.17, 15) is 4.79 Å². The van der Waals surface area contributed by atoms with Crippen LogP contribution < -0.4 is 19.3 Å². The minimum absolute atomic E-state index is 0.0303. The van der Waals surface area contributed by atoms with Gasteiger partial charge < -0.3 is 19.3 Å². The van der Waals surface area contributed by atoms with Crippen molar-refractivity contribution in [2.24, 2.45) is 0 Å². The van der Waals surface area contributed by atoms with Gasteiger partial charge in [-0.3, -0.25) is 4.79 Å². The second-order valence-corrected chi connectivity index (χ2v) is 9.28. The molecule has 0 saturated heterocycles. The highest BCUT2D eigenvalue weighted by atomic mass is 35.5. The van der Waals surface area contributed by atoms with Crippen LogP contribution in [0.15, 0.2) is 60.7 Å². The van der Waals surface area contributed by atoms with Crippen molar-refractivity contribution in [3.8, 4) is 11.5 Å². The molecule has 34 heavy (non-hydrogen) atoms. The van der Waals surface area contributed by atoms with E-state index in [1.54, 1.807) is 7.11 Å². The predicted octanol–water partition coefficient (Wildman–Crippen LogP) is 6.27. The van der Waals surface area contributed by atoms with E-state index in [0.29, 0.717) is 16.5 Å². The monoisotopic (exact) mass is 478 g/mol. The first kappa shape index (κ1) is 24.0. The molecule has 178 valence electrons. The Morgan fingerprint density at radius 3 is 2.32 bits per heavy atom. The van der Waals surface area contributed by atoms with Crippen LogP contribution in [0.25, 0.3) is 0 Å². The summed E-state index contributed by atoms with van der Waals surface area (Å²) in [6, 6.07) is 19.4. The summed E-state index contributed by atoms with van der Waals surface area (Å²) >= 11 is 6.20. The number of benzene rings is 3. The van der Waals surface area contributed by atoms with Gasteiger partial charge >= 0.3 is 0 Å². The summed E-state index contributed by atoms with van der Waals surface area (Å²) in [5.41, 5.74) is 4.87. The molecular formula is C28H31ClN2O3. The molecule has 0 radical (unpaired) electrons. The van der Waals surface area contributed by atoms with Gasteiger partial charge in [-0.1, -0.05) is 30.7 Å². The number of rotatable bonds is 7. The second-order valence-electron chi connectivity index (χ2n) is 8.84. The molecule has 1 heterocycles. The van der Waals surface area contributed by atoms with Crippen molar-refractivity contribution in [2.45, 2.75) is 38.8 Å². The first-order valence-electron chi connectivity index (χ1n) is 11.5. The number of amides is 1. The molecule has 1 aliphatic heterocycles. The average molecular weight is 479 g/mol. The molecule has 0 saturated carbocycles. The van der Waals surface area contributed by atoms with E-state index >= 15 is 0 Å². The molecule has 3 aromatic rings. The molecule has 6 heteroatoms. The third-order valence-electron chi connectivity index (χ3n) is 6.32. The van der Waals surface area contributed by atoms with Crippen molar-refractivity contribution < 1.29 is 14.3 Å². The van der Waals surface area contributed by atoms with Crippen molar-refractivity contribution in [3.63, 3.8) is 0 Å². The molecule has 4 rings (SSSR count). The standard InChI is InChI=1S/C28H31ClN2O3/c1-6-18(2)34-26-17-24-20(15-25(26)33-5)16-27(32)31(23-13-11-22(12-14-23)30(3)4)28(24)19-7-9-21(29)10-8-19/h7-15,17-18,28H,6,16H2,1-5H3/t18-,28-/m1/s1. The quantitative estimate of drug-likeness (QED) is 0.401. The van der Waals surface area contributed by atoms with Crippen LogP contribution in [0.1, 0.15) is 43.0 Å². The lowest BCUT2D eigenvalue weighted by molar-refractivity contribution is -0.118. The van der Waals surface area contributed by atoms with E-state index in [4.69, 9.17) is 21.1 Å². The molecule has 0 aliphatic carbocycles. The zero-order chi connectivity index (χ0) is 24.4. The van der Waals surface area contributed by atoms with E-state index in [2.05, 4.69) is 6.92 Å². The third kappa shape index (κ3) is 4.71. The average Bonchev–Trinajstić information content (AvgIpc) is 2.83. The van der Waals surface area contributed by atoms with Gasteiger partial charge in [0.2, 0.25) is 5.91 Å². The normalized spacial score (nSPS) is 16.1. The van der Waals surface area contributed by atoms with Crippen LogP contribution in [0, 0.1) is 0 Å². The Labute approximate surface area is 206 Å². The summed E-state index contributed by atoms with van der Waals surface area (Å²) in [5, 5.41) is 0.656. The van der Waals surface area contributed by atoms with Crippen LogP contribution in [0.2, 0.25) is 5.02 Å². The number of methoxy groups -OCH3 is 1. The van der Waals surface area contributed by atoms with Crippen molar-refractivity contribution in [1.82, 2.24) is 0 Å². The molecule has 1 amide bonds. The second kappa shape index (κ2) is 9.98. The minimum atomic E-state index is -0.316. The van der Waals surface area contributed by atoms with E-state index in [-0.39, 0.29) is 24.5 Å². The number of carbonyl (C=O) groups excluding carboxylic acids is 1. The van der Waals surface area contributed by atoms with Crippen LogP contribution >= 0.6 is 11.6 Å². The summed E-state index contributed by atoms with van der Waals surface area (Å²) in [6.45, 7) is 4.13. The molecular weight excluding hydrogens is 448 g/mol. The van der Waals surface area contributed by atoms with E-state index < -0.39 is 0 Å². The summed E-state index contributed by atoms with van der Waals surface area (Å²) in [5.74, 6) is 1.36. The van der Waals surface area contributed by atoms with Crippen molar-refractivity contribution in [1.29, 1.82) is 0 Å². The van der Waals surface area contributed by atoms with E-state index in [1.165, 1.54) is 0 Å². The molecule has 3 aromatic carbocycles. The fraction of sp³-hybridized carbons (Fsp3) is 0.321. The lowest BCUT2D eigenvalue weighted by Gasteiger charge is -2.38. The summed E-state index contributed by atoms with van der Waals surface area (Å²) in [7, 11) is 5.63. The molecule has 0 bridgehead atoms. The minimum Gasteiger partial charge on any atom is -0.493 e. The number of hydrogen-bond donors (Lipinski definition) is 0. The highest BCUT2D eigenvalue weighted by molar-refractivity contribution is 6.30. The number of carbonyl (C=O) groups is 1. The molecule has 0 unspecified atom stereocenters. The molecule has 1 aliphatic rings. The van der Waals surface area contributed by atoms with Crippen molar-refractivity contribution in [3.05, 3.63) is 82.4 Å².